The Morgan fingerprint density at radius 1 is 1.12 bits per heavy atom. The van der Waals surface area contributed by atoms with Gasteiger partial charge in [0.05, 0.1) is 29.8 Å². The number of urea groups is 1. The minimum Gasteiger partial charge on any atom is -0.346 e. The monoisotopic (exact) mass is 490 g/mol. The number of hydrogen-bond acceptors (Lipinski definition) is 6. The average Bonchev–Trinajstić information content (AvgIpc) is 3.29. The number of anilines is 1. The molecule has 1 aliphatic heterocycles. The molecular weight excluding hydrogens is 471 g/mol. The van der Waals surface area contributed by atoms with Crippen molar-refractivity contribution in [3.05, 3.63) is 68.2 Å². The maximum absolute atomic E-state index is 12.9. The van der Waals surface area contributed by atoms with E-state index in [-0.39, 0.29) is 18.5 Å². The summed E-state index contributed by atoms with van der Waals surface area (Å²) >= 11 is 13.3. The second-order valence-electron chi connectivity index (χ2n) is 7.38. The first kappa shape index (κ1) is 22.4. The van der Waals surface area contributed by atoms with Gasteiger partial charge in [0, 0.05) is 35.9 Å². The van der Waals surface area contributed by atoms with E-state index in [1.807, 2.05) is 6.92 Å². The molecule has 166 valence electrons. The molecule has 1 saturated heterocycles. The number of nitrogens with one attached hydrogen (secondary N) is 1. The van der Waals surface area contributed by atoms with Crippen molar-refractivity contribution in [3.63, 3.8) is 0 Å². The SMILES string of the molecule is Cc1cnc(CNC(=O)c2sc(N3CCN(Cc4cc(Cl)cc(Cl)c4)C3=O)nc2C)cn1. The predicted molar refractivity (Wildman–Crippen MR) is 124 cm³/mol. The van der Waals surface area contributed by atoms with Crippen molar-refractivity contribution in [2.45, 2.75) is 26.9 Å². The third kappa shape index (κ3) is 5.01. The number of hydrogen-bond donors (Lipinski definition) is 1. The van der Waals surface area contributed by atoms with Crippen LogP contribution in [0.3, 0.4) is 0 Å². The second-order valence-corrected chi connectivity index (χ2v) is 9.23. The van der Waals surface area contributed by atoms with Crippen LogP contribution in [0.15, 0.2) is 30.6 Å². The van der Waals surface area contributed by atoms with Crippen LogP contribution in [0.4, 0.5) is 9.93 Å². The zero-order valence-corrected chi connectivity index (χ0v) is 19.8. The van der Waals surface area contributed by atoms with E-state index in [0.29, 0.717) is 51.1 Å². The Hall–Kier alpha value is -2.75. The average molecular weight is 491 g/mol. The standard InChI is InChI=1S/C21H20Cl2N6O2S/c1-12-8-25-17(9-24-12)10-26-19(30)18-13(2)27-20(32-18)29-4-3-28(21(29)31)11-14-5-15(22)7-16(23)6-14/h5-9H,3-4,10-11H2,1-2H3,(H,26,30). The number of halogens is 2. The summed E-state index contributed by atoms with van der Waals surface area (Å²) in [5, 5.41) is 4.39. The molecule has 0 aliphatic carbocycles. The highest BCUT2D eigenvalue weighted by atomic mass is 35.5. The third-order valence-corrected chi connectivity index (χ3v) is 6.49. The molecule has 3 aromatic rings. The highest BCUT2D eigenvalue weighted by Gasteiger charge is 2.32. The highest BCUT2D eigenvalue weighted by Crippen LogP contribution is 2.30. The van der Waals surface area contributed by atoms with Gasteiger partial charge in [0.15, 0.2) is 5.13 Å². The molecule has 4 rings (SSSR count). The maximum Gasteiger partial charge on any atom is 0.326 e. The summed E-state index contributed by atoms with van der Waals surface area (Å²) in [6.07, 6.45) is 3.28. The fraction of sp³-hybridized carbons (Fsp3) is 0.286. The fourth-order valence-corrected chi connectivity index (χ4v) is 4.87. The molecule has 0 spiro atoms. The molecule has 0 bridgehead atoms. The van der Waals surface area contributed by atoms with E-state index in [1.54, 1.807) is 47.3 Å². The molecular formula is C21H20Cl2N6O2S. The molecule has 1 fully saturated rings. The smallest absolute Gasteiger partial charge is 0.326 e. The Morgan fingerprint density at radius 3 is 2.56 bits per heavy atom. The number of benzene rings is 1. The summed E-state index contributed by atoms with van der Waals surface area (Å²) in [5.41, 5.74) is 2.90. The summed E-state index contributed by atoms with van der Waals surface area (Å²) in [4.78, 5) is 42.2. The number of nitrogens with zero attached hydrogens (tertiary/aromatic N) is 5. The lowest BCUT2D eigenvalue weighted by Crippen LogP contribution is -2.31. The molecule has 2 aromatic heterocycles. The van der Waals surface area contributed by atoms with Gasteiger partial charge in [-0.05, 0) is 37.6 Å². The molecule has 0 atom stereocenters. The van der Waals surface area contributed by atoms with Crippen LogP contribution >= 0.6 is 34.5 Å². The molecule has 1 aromatic carbocycles. The van der Waals surface area contributed by atoms with Crippen LogP contribution in [-0.2, 0) is 13.1 Å². The fourth-order valence-electron chi connectivity index (χ4n) is 3.30. The largest absolute Gasteiger partial charge is 0.346 e. The van der Waals surface area contributed by atoms with Crippen molar-refractivity contribution in [1.82, 2.24) is 25.2 Å². The second kappa shape index (κ2) is 9.40. The number of aromatic nitrogens is 3. The summed E-state index contributed by atoms with van der Waals surface area (Å²) in [7, 11) is 0. The molecule has 11 heteroatoms. The maximum atomic E-state index is 12.9. The van der Waals surface area contributed by atoms with E-state index in [4.69, 9.17) is 23.2 Å². The van der Waals surface area contributed by atoms with Crippen molar-refractivity contribution in [3.8, 4) is 0 Å². The van der Waals surface area contributed by atoms with E-state index in [9.17, 15) is 9.59 Å². The Bertz CT molecular complexity index is 1150. The predicted octanol–water partition coefficient (Wildman–Crippen LogP) is 4.23. The van der Waals surface area contributed by atoms with Gasteiger partial charge in [-0.25, -0.2) is 9.78 Å². The van der Waals surface area contributed by atoms with Gasteiger partial charge < -0.3 is 10.2 Å². The van der Waals surface area contributed by atoms with Gasteiger partial charge in [0.1, 0.15) is 4.88 Å². The van der Waals surface area contributed by atoms with Crippen LogP contribution < -0.4 is 10.2 Å². The lowest BCUT2D eigenvalue weighted by Gasteiger charge is -2.17. The summed E-state index contributed by atoms with van der Waals surface area (Å²) in [6.45, 7) is 5.28. The molecule has 3 amide bonds. The number of thiazole rings is 1. The lowest BCUT2D eigenvalue weighted by atomic mass is 10.2. The van der Waals surface area contributed by atoms with E-state index in [1.165, 1.54) is 11.3 Å². The third-order valence-electron chi connectivity index (χ3n) is 4.88. The molecule has 1 aliphatic rings. The van der Waals surface area contributed by atoms with Crippen molar-refractivity contribution in [2.24, 2.45) is 0 Å². The number of carbonyl (C=O) groups excluding carboxylic acids is 2. The highest BCUT2D eigenvalue weighted by molar-refractivity contribution is 7.17. The molecule has 32 heavy (non-hydrogen) atoms. The quantitative estimate of drug-likeness (QED) is 0.558. The number of aryl methyl sites for hydroxylation is 2. The van der Waals surface area contributed by atoms with E-state index in [0.717, 1.165) is 11.3 Å². The number of carbonyl (C=O) groups is 2. The van der Waals surface area contributed by atoms with Crippen LogP contribution in [0.25, 0.3) is 0 Å². The molecule has 0 saturated carbocycles. The lowest BCUT2D eigenvalue weighted by molar-refractivity contribution is 0.0953. The Labute approximate surface area is 199 Å². The number of rotatable bonds is 6. The van der Waals surface area contributed by atoms with Gasteiger partial charge in [-0.3, -0.25) is 19.7 Å². The first-order valence-electron chi connectivity index (χ1n) is 9.84. The van der Waals surface area contributed by atoms with Gasteiger partial charge in [-0.15, -0.1) is 0 Å². The Kier molecular flexibility index (Phi) is 6.59. The van der Waals surface area contributed by atoms with Crippen LogP contribution in [-0.4, -0.2) is 44.9 Å². The van der Waals surface area contributed by atoms with Crippen molar-refractivity contribution in [2.75, 3.05) is 18.0 Å². The van der Waals surface area contributed by atoms with E-state index >= 15 is 0 Å². The minimum absolute atomic E-state index is 0.170. The van der Waals surface area contributed by atoms with Crippen LogP contribution in [0.1, 0.15) is 32.3 Å². The Morgan fingerprint density at radius 2 is 1.88 bits per heavy atom. The Balaban J connectivity index is 1.42. The first-order valence-corrected chi connectivity index (χ1v) is 11.4. The first-order chi connectivity index (χ1) is 15.3. The zero-order valence-electron chi connectivity index (χ0n) is 17.4. The topological polar surface area (TPSA) is 91.3 Å². The molecule has 1 N–H and O–H groups in total. The molecule has 0 unspecified atom stereocenters. The zero-order chi connectivity index (χ0) is 22.8. The molecule has 0 radical (unpaired) electrons. The molecule has 3 heterocycles. The van der Waals surface area contributed by atoms with Crippen molar-refractivity contribution in [1.29, 1.82) is 0 Å². The summed E-state index contributed by atoms with van der Waals surface area (Å²) in [6, 6.07) is 5.06. The van der Waals surface area contributed by atoms with Crippen LogP contribution in [0, 0.1) is 13.8 Å². The van der Waals surface area contributed by atoms with Gasteiger partial charge in [0.25, 0.3) is 5.91 Å². The van der Waals surface area contributed by atoms with Crippen molar-refractivity contribution < 1.29 is 9.59 Å². The minimum atomic E-state index is -0.259. The van der Waals surface area contributed by atoms with E-state index < -0.39 is 0 Å². The van der Waals surface area contributed by atoms with Gasteiger partial charge in [-0.1, -0.05) is 34.5 Å². The van der Waals surface area contributed by atoms with Crippen LogP contribution in [0.5, 0.6) is 0 Å². The van der Waals surface area contributed by atoms with Gasteiger partial charge in [-0.2, -0.15) is 0 Å². The van der Waals surface area contributed by atoms with Gasteiger partial charge >= 0.3 is 6.03 Å². The van der Waals surface area contributed by atoms with Gasteiger partial charge in [0.2, 0.25) is 0 Å². The van der Waals surface area contributed by atoms with Crippen molar-refractivity contribution >= 4 is 51.6 Å². The van der Waals surface area contributed by atoms with Crippen LogP contribution in [0.2, 0.25) is 10.0 Å². The summed E-state index contributed by atoms with van der Waals surface area (Å²) in [5.74, 6) is -0.259. The summed E-state index contributed by atoms with van der Waals surface area (Å²) < 4.78 is 0. The van der Waals surface area contributed by atoms with E-state index in [2.05, 4.69) is 20.3 Å². The normalized spacial score (nSPS) is 13.7. The number of amides is 3. The molecule has 8 nitrogen and oxygen atoms in total.